The second kappa shape index (κ2) is 4.65. The topological polar surface area (TPSA) is 40.9 Å². The molecule has 2 nitrogen and oxygen atoms in total. The van der Waals surface area contributed by atoms with Gasteiger partial charge in [0, 0.05) is 18.4 Å². The van der Waals surface area contributed by atoms with Gasteiger partial charge in [-0.1, -0.05) is 30.3 Å². The summed E-state index contributed by atoms with van der Waals surface area (Å²) in [6.07, 6.45) is -1.05. The lowest BCUT2D eigenvalue weighted by Crippen LogP contribution is -2.28. The molecule has 0 amide bonds. The fraction of sp³-hybridized carbons (Fsp3) is 0.273. The van der Waals surface area contributed by atoms with Crippen LogP contribution in [0.1, 0.15) is 23.2 Å². The largest absolute Gasteiger partial charge is 0.310 e. The van der Waals surface area contributed by atoms with Crippen molar-refractivity contribution in [3.8, 4) is 6.07 Å². The van der Waals surface area contributed by atoms with Crippen molar-refractivity contribution in [1.29, 1.82) is 5.26 Å². The summed E-state index contributed by atoms with van der Waals surface area (Å²) in [4.78, 5) is 11.3. The molecule has 1 rings (SSSR count). The molecular formula is C11H9F2NO. The van der Waals surface area contributed by atoms with E-state index in [-0.39, 0.29) is 12.0 Å². The van der Waals surface area contributed by atoms with Crippen LogP contribution < -0.4 is 0 Å². The number of Topliss-reactive ketones (excluding diaryl/α,β-unsaturated/α-hetero) is 1. The van der Waals surface area contributed by atoms with Crippen LogP contribution >= 0.6 is 0 Å². The van der Waals surface area contributed by atoms with Crippen LogP contribution in [0.15, 0.2) is 30.3 Å². The van der Waals surface area contributed by atoms with Crippen molar-refractivity contribution in [1.82, 2.24) is 0 Å². The number of nitriles is 1. The van der Waals surface area contributed by atoms with E-state index in [0.29, 0.717) is 0 Å². The second-order valence-corrected chi connectivity index (χ2v) is 3.06. The van der Waals surface area contributed by atoms with Crippen LogP contribution in [0.2, 0.25) is 0 Å². The number of carbonyl (C=O) groups excluding carboxylic acids is 1. The van der Waals surface area contributed by atoms with Crippen LogP contribution in [-0.4, -0.2) is 11.7 Å². The summed E-state index contributed by atoms with van der Waals surface area (Å²) in [5, 5.41) is 8.19. The molecular weight excluding hydrogens is 200 g/mol. The zero-order valence-corrected chi connectivity index (χ0v) is 7.91. The first-order valence-corrected chi connectivity index (χ1v) is 4.42. The average molecular weight is 209 g/mol. The average Bonchev–Trinajstić information content (AvgIpc) is 2.26. The first kappa shape index (κ1) is 11.3. The van der Waals surface area contributed by atoms with Gasteiger partial charge >= 0.3 is 5.92 Å². The zero-order chi connectivity index (χ0) is 11.3. The molecule has 0 spiro atoms. The molecule has 1 aromatic carbocycles. The molecule has 0 saturated carbocycles. The van der Waals surface area contributed by atoms with Crippen LogP contribution in [0.3, 0.4) is 0 Å². The van der Waals surface area contributed by atoms with Gasteiger partial charge in [-0.3, -0.25) is 4.79 Å². The molecule has 0 fully saturated rings. The van der Waals surface area contributed by atoms with Crippen molar-refractivity contribution in [3.05, 3.63) is 35.9 Å². The van der Waals surface area contributed by atoms with Gasteiger partial charge in [0.25, 0.3) is 0 Å². The number of halogens is 2. The Morgan fingerprint density at radius 1 is 1.33 bits per heavy atom. The van der Waals surface area contributed by atoms with Crippen LogP contribution in [0.5, 0.6) is 0 Å². The summed E-state index contributed by atoms with van der Waals surface area (Å²) in [5.74, 6) is -4.67. The molecule has 0 aliphatic carbocycles. The normalized spacial score (nSPS) is 10.7. The SMILES string of the molecule is N#CCCC(F)(F)C(=O)c1ccccc1. The summed E-state index contributed by atoms with van der Waals surface area (Å²) in [5.41, 5.74) is -0.0274. The summed E-state index contributed by atoms with van der Waals surface area (Å²) < 4.78 is 26.4. The van der Waals surface area contributed by atoms with Gasteiger partial charge in [0.05, 0.1) is 6.07 Å². The molecule has 0 aromatic heterocycles. The molecule has 0 saturated heterocycles. The molecule has 4 heteroatoms. The smallest absolute Gasteiger partial charge is 0.287 e. The summed E-state index contributed by atoms with van der Waals surface area (Å²) in [7, 11) is 0. The van der Waals surface area contributed by atoms with Crippen molar-refractivity contribution in [3.63, 3.8) is 0 Å². The molecule has 1 aromatic rings. The molecule has 0 radical (unpaired) electrons. The van der Waals surface area contributed by atoms with E-state index in [2.05, 4.69) is 0 Å². The highest BCUT2D eigenvalue weighted by Gasteiger charge is 2.38. The van der Waals surface area contributed by atoms with E-state index < -0.39 is 18.1 Å². The van der Waals surface area contributed by atoms with Gasteiger partial charge in [-0.05, 0) is 0 Å². The number of carbonyl (C=O) groups is 1. The lowest BCUT2D eigenvalue weighted by molar-refractivity contribution is 0.00584. The maximum absolute atomic E-state index is 13.2. The molecule has 0 heterocycles. The molecule has 78 valence electrons. The Morgan fingerprint density at radius 2 is 1.93 bits per heavy atom. The Hall–Kier alpha value is -1.76. The van der Waals surface area contributed by atoms with Gasteiger partial charge in [0.1, 0.15) is 0 Å². The minimum atomic E-state index is -3.45. The minimum absolute atomic E-state index is 0.0274. The first-order valence-electron chi connectivity index (χ1n) is 4.42. The highest BCUT2D eigenvalue weighted by Crippen LogP contribution is 2.25. The Kier molecular flexibility index (Phi) is 3.51. The number of alkyl halides is 2. The van der Waals surface area contributed by atoms with E-state index in [4.69, 9.17) is 5.26 Å². The van der Waals surface area contributed by atoms with Gasteiger partial charge in [-0.2, -0.15) is 14.0 Å². The van der Waals surface area contributed by atoms with Gasteiger partial charge in [0.15, 0.2) is 0 Å². The Morgan fingerprint density at radius 3 is 2.47 bits per heavy atom. The molecule has 0 aliphatic rings. The number of benzene rings is 1. The molecule has 0 N–H and O–H groups in total. The molecule has 0 unspecified atom stereocenters. The maximum Gasteiger partial charge on any atom is 0.310 e. The summed E-state index contributed by atoms with van der Waals surface area (Å²) >= 11 is 0. The van der Waals surface area contributed by atoms with Crippen molar-refractivity contribution in [2.75, 3.05) is 0 Å². The van der Waals surface area contributed by atoms with Crippen LogP contribution in [0, 0.1) is 11.3 Å². The molecule has 0 bridgehead atoms. The third-order valence-corrected chi connectivity index (χ3v) is 1.92. The highest BCUT2D eigenvalue weighted by atomic mass is 19.3. The van der Waals surface area contributed by atoms with Gasteiger partial charge in [-0.15, -0.1) is 0 Å². The summed E-state index contributed by atoms with van der Waals surface area (Å²) in [6.45, 7) is 0. The first-order chi connectivity index (χ1) is 7.08. The van der Waals surface area contributed by atoms with E-state index in [1.54, 1.807) is 12.1 Å². The van der Waals surface area contributed by atoms with E-state index in [9.17, 15) is 13.6 Å². The number of rotatable bonds is 4. The van der Waals surface area contributed by atoms with Crippen molar-refractivity contribution in [2.45, 2.75) is 18.8 Å². The van der Waals surface area contributed by atoms with E-state index in [1.807, 2.05) is 0 Å². The number of hydrogen-bond acceptors (Lipinski definition) is 2. The number of ketones is 1. The van der Waals surface area contributed by atoms with E-state index >= 15 is 0 Å². The summed E-state index contributed by atoms with van der Waals surface area (Å²) in [6, 6.07) is 8.96. The Bertz CT molecular complexity index is 381. The van der Waals surface area contributed by atoms with Crippen LogP contribution in [0.4, 0.5) is 8.78 Å². The fourth-order valence-corrected chi connectivity index (χ4v) is 1.13. The standard InChI is InChI=1S/C11H9F2NO/c12-11(13,7-4-8-14)10(15)9-5-2-1-3-6-9/h1-3,5-6H,4,7H2. The van der Waals surface area contributed by atoms with Gasteiger partial charge < -0.3 is 0 Å². The van der Waals surface area contributed by atoms with Gasteiger partial charge in [0.2, 0.25) is 5.78 Å². The zero-order valence-electron chi connectivity index (χ0n) is 7.91. The van der Waals surface area contributed by atoms with Gasteiger partial charge in [-0.25, -0.2) is 0 Å². The maximum atomic E-state index is 13.2. The number of hydrogen-bond donors (Lipinski definition) is 0. The molecule has 15 heavy (non-hydrogen) atoms. The van der Waals surface area contributed by atoms with Crippen molar-refractivity contribution in [2.24, 2.45) is 0 Å². The van der Waals surface area contributed by atoms with E-state index in [0.717, 1.165) is 0 Å². The third kappa shape index (κ3) is 2.84. The lowest BCUT2D eigenvalue weighted by Gasteiger charge is -2.12. The fourth-order valence-electron chi connectivity index (χ4n) is 1.13. The monoisotopic (exact) mass is 209 g/mol. The third-order valence-electron chi connectivity index (χ3n) is 1.92. The second-order valence-electron chi connectivity index (χ2n) is 3.06. The Labute approximate surface area is 86.1 Å². The molecule has 0 aliphatic heterocycles. The van der Waals surface area contributed by atoms with Crippen LogP contribution in [-0.2, 0) is 0 Å². The quantitative estimate of drug-likeness (QED) is 0.715. The minimum Gasteiger partial charge on any atom is -0.287 e. The van der Waals surface area contributed by atoms with Crippen molar-refractivity contribution >= 4 is 5.78 Å². The lowest BCUT2D eigenvalue weighted by atomic mass is 10.0. The Balaban J connectivity index is 2.81. The molecule has 0 atom stereocenters. The van der Waals surface area contributed by atoms with Crippen LogP contribution in [0.25, 0.3) is 0 Å². The number of nitrogens with zero attached hydrogens (tertiary/aromatic N) is 1. The highest BCUT2D eigenvalue weighted by molar-refractivity contribution is 6.01. The van der Waals surface area contributed by atoms with Crippen molar-refractivity contribution < 1.29 is 13.6 Å². The predicted octanol–water partition coefficient (Wildman–Crippen LogP) is 2.81. The van der Waals surface area contributed by atoms with E-state index in [1.165, 1.54) is 24.3 Å². The predicted molar refractivity (Wildman–Crippen MR) is 50.6 cm³/mol.